The first-order valence-corrected chi connectivity index (χ1v) is 12.6. The van der Waals surface area contributed by atoms with Crippen LogP contribution in [0.1, 0.15) is 67.8 Å². The van der Waals surface area contributed by atoms with Gasteiger partial charge in [-0.2, -0.15) is 4.98 Å². The third kappa shape index (κ3) is 6.04. The topological polar surface area (TPSA) is 70.2 Å². The molecule has 1 fully saturated rings. The lowest BCUT2D eigenvalue weighted by Crippen LogP contribution is -2.40. The zero-order valence-corrected chi connectivity index (χ0v) is 20.7. The molecule has 1 aliphatic carbocycles. The molecule has 0 spiro atoms. The van der Waals surface area contributed by atoms with E-state index in [1.165, 1.54) is 24.8 Å². The molecule has 6 nitrogen and oxygen atoms in total. The van der Waals surface area contributed by atoms with Crippen LogP contribution in [-0.2, 0) is 6.42 Å². The van der Waals surface area contributed by atoms with Crippen molar-refractivity contribution < 1.29 is 4.79 Å². The zero-order valence-electron chi connectivity index (χ0n) is 20.7. The van der Waals surface area contributed by atoms with Gasteiger partial charge in [0.15, 0.2) is 0 Å². The van der Waals surface area contributed by atoms with E-state index in [1.54, 1.807) is 0 Å². The van der Waals surface area contributed by atoms with E-state index >= 15 is 0 Å². The van der Waals surface area contributed by atoms with Gasteiger partial charge in [-0.25, -0.2) is 4.98 Å². The zero-order chi connectivity index (χ0) is 23.9. The van der Waals surface area contributed by atoms with Gasteiger partial charge in [-0.3, -0.25) is 4.79 Å². The molecular formula is C28H37N5O. The lowest BCUT2D eigenvalue weighted by atomic mass is 9.91. The predicted octanol–water partition coefficient (Wildman–Crippen LogP) is 5.58. The number of hydrogen-bond acceptors (Lipinski definition) is 5. The Kier molecular flexibility index (Phi) is 7.99. The number of hydrogen-bond donors (Lipinski definition) is 2. The molecule has 0 saturated heterocycles. The second-order valence-electron chi connectivity index (χ2n) is 9.60. The highest BCUT2D eigenvalue weighted by molar-refractivity contribution is 5.94. The number of carbonyl (C=O) groups excluding carboxylic acids is 1. The highest BCUT2D eigenvalue weighted by atomic mass is 16.1. The molecule has 0 unspecified atom stereocenters. The maximum absolute atomic E-state index is 12.7. The van der Waals surface area contributed by atoms with Crippen molar-refractivity contribution in [2.75, 3.05) is 24.3 Å². The molecule has 3 aromatic rings. The minimum absolute atomic E-state index is 0.0324. The Labute approximate surface area is 203 Å². The SMILES string of the molecule is CCCCCc1ccc(C(=O)N[C@H]2CC[C@@H](Nc3nc(N(C)C)c4ccccc4n3)CC2)cc1. The van der Waals surface area contributed by atoms with Crippen LogP contribution in [0, 0.1) is 0 Å². The molecule has 34 heavy (non-hydrogen) atoms. The quantitative estimate of drug-likeness (QED) is 0.409. The average molecular weight is 460 g/mol. The lowest BCUT2D eigenvalue weighted by Gasteiger charge is -2.30. The fourth-order valence-corrected chi connectivity index (χ4v) is 4.70. The van der Waals surface area contributed by atoms with Gasteiger partial charge in [0.2, 0.25) is 5.95 Å². The largest absolute Gasteiger partial charge is 0.362 e. The smallest absolute Gasteiger partial charge is 0.251 e. The number of benzene rings is 2. The average Bonchev–Trinajstić information content (AvgIpc) is 2.85. The minimum Gasteiger partial charge on any atom is -0.362 e. The standard InChI is InChI=1S/C28H37N5O/c1-4-5-6-9-20-12-14-21(15-13-20)27(34)29-22-16-18-23(19-17-22)30-28-31-25-11-8-7-10-24(25)26(32-28)33(2)3/h7-8,10-15,22-23H,4-6,9,16-19H2,1-3H3,(H,29,34)(H,30,31,32)/t22-,23+. The lowest BCUT2D eigenvalue weighted by molar-refractivity contribution is 0.0926. The monoisotopic (exact) mass is 459 g/mol. The first-order chi connectivity index (χ1) is 16.5. The molecule has 2 aromatic carbocycles. The summed E-state index contributed by atoms with van der Waals surface area (Å²) in [5.41, 5.74) is 3.01. The second-order valence-corrected chi connectivity index (χ2v) is 9.60. The first-order valence-electron chi connectivity index (χ1n) is 12.6. The van der Waals surface area contributed by atoms with E-state index in [-0.39, 0.29) is 11.9 Å². The number of carbonyl (C=O) groups is 1. The van der Waals surface area contributed by atoms with Gasteiger partial charge in [-0.1, -0.05) is 44.0 Å². The van der Waals surface area contributed by atoms with Crippen LogP contribution in [0.4, 0.5) is 11.8 Å². The third-order valence-electron chi connectivity index (χ3n) is 6.69. The summed E-state index contributed by atoms with van der Waals surface area (Å²) in [5, 5.41) is 7.83. The van der Waals surface area contributed by atoms with Crippen molar-refractivity contribution in [3.05, 3.63) is 59.7 Å². The fraction of sp³-hybridized carbons (Fsp3) is 0.464. The van der Waals surface area contributed by atoms with E-state index in [9.17, 15) is 4.79 Å². The molecular weight excluding hydrogens is 422 g/mol. The Bertz CT molecular complexity index is 1090. The normalized spacial score (nSPS) is 18.0. The Morgan fingerprint density at radius 3 is 2.35 bits per heavy atom. The molecule has 0 atom stereocenters. The van der Waals surface area contributed by atoms with Crippen LogP contribution in [0.2, 0.25) is 0 Å². The van der Waals surface area contributed by atoms with Crippen LogP contribution in [0.15, 0.2) is 48.5 Å². The van der Waals surface area contributed by atoms with Gasteiger partial charge in [-0.15, -0.1) is 0 Å². The van der Waals surface area contributed by atoms with Crippen LogP contribution in [0.3, 0.4) is 0 Å². The number of aryl methyl sites for hydroxylation is 1. The van der Waals surface area contributed by atoms with Crippen LogP contribution in [0.25, 0.3) is 10.9 Å². The summed E-state index contributed by atoms with van der Waals surface area (Å²) < 4.78 is 0. The van der Waals surface area contributed by atoms with Crippen molar-refractivity contribution >= 4 is 28.6 Å². The number of amides is 1. The summed E-state index contributed by atoms with van der Waals surface area (Å²) in [7, 11) is 4.01. The molecule has 2 N–H and O–H groups in total. The van der Waals surface area contributed by atoms with Crippen molar-refractivity contribution in [2.45, 2.75) is 70.4 Å². The van der Waals surface area contributed by atoms with Crippen molar-refractivity contribution in [1.82, 2.24) is 15.3 Å². The van der Waals surface area contributed by atoms with Gasteiger partial charge in [0.05, 0.1) is 5.52 Å². The summed E-state index contributed by atoms with van der Waals surface area (Å²) in [4.78, 5) is 24.3. The minimum atomic E-state index is 0.0324. The van der Waals surface area contributed by atoms with E-state index in [0.29, 0.717) is 12.0 Å². The predicted molar refractivity (Wildman–Crippen MR) is 141 cm³/mol. The Balaban J connectivity index is 1.29. The van der Waals surface area contributed by atoms with E-state index in [0.717, 1.165) is 54.4 Å². The van der Waals surface area contributed by atoms with Crippen molar-refractivity contribution in [3.8, 4) is 0 Å². The Hall–Kier alpha value is -3.15. The Morgan fingerprint density at radius 2 is 1.65 bits per heavy atom. The third-order valence-corrected chi connectivity index (χ3v) is 6.69. The van der Waals surface area contributed by atoms with Crippen LogP contribution >= 0.6 is 0 Å². The number of fused-ring (bicyclic) bond motifs is 1. The molecule has 1 aromatic heterocycles. The van der Waals surface area contributed by atoms with Crippen molar-refractivity contribution in [3.63, 3.8) is 0 Å². The van der Waals surface area contributed by atoms with Gasteiger partial charge in [0.25, 0.3) is 5.91 Å². The molecule has 1 aliphatic rings. The molecule has 0 bridgehead atoms. The van der Waals surface area contributed by atoms with Gasteiger partial charge in [0.1, 0.15) is 5.82 Å². The van der Waals surface area contributed by atoms with E-state index in [2.05, 4.69) is 35.8 Å². The summed E-state index contributed by atoms with van der Waals surface area (Å²) in [6.07, 6.45) is 8.64. The molecule has 1 amide bonds. The van der Waals surface area contributed by atoms with Crippen molar-refractivity contribution in [2.24, 2.45) is 0 Å². The van der Waals surface area contributed by atoms with E-state index < -0.39 is 0 Å². The van der Waals surface area contributed by atoms with Crippen LogP contribution in [-0.4, -0.2) is 42.1 Å². The molecule has 0 aliphatic heterocycles. The summed E-state index contributed by atoms with van der Waals surface area (Å²) in [6.45, 7) is 2.22. The molecule has 1 saturated carbocycles. The number of anilines is 2. The van der Waals surface area contributed by atoms with Crippen molar-refractivity contribution in [1.29, 1.82) is 0 Å². The number of unbranched alkanes of at least 4 members (excludes halogenated alkanes) is 2. The Morgan fingerprint density at radius 1 is 0.941 bits per heavy atom. The molecule has 0 radical (unpaired) electrons. The number of aromatic nitrogens is 2. The van der Waals surface area contributed by atoms with Crippen LogP contribution < -0.4 is 15.5 Å². The van der Waals surface area contributed by atoms with E-state index in [1.807, 2.05) is 49.3 Å². The van der Waals surface area contributed by atoms with Gasteiger partial charge < -0.3 is 15.5 Å². The number of para-hydroxylation sites is 1. The maximum atomic E-state index is 12.7. The number of rotatable bonds is 9. The highest BCUT2D eigenvalue weighted by Crippen LogP contribution is 2.26. The van der Waals surface area contributed by atoms with E-state index in [4.69, 9.17) is 9.97 Å². The number of nitrogens with zero attached hydrogens (tertiary/aromatic N) is 3. The molecule has 4 rings (SSSR count). The van der Waals surface area contributed by atoms with Gasteiger partial charge in [0, 0.05) is 37.1 Å². The van der Waals surface area contributed by atoms with Gasteiger partial charge in [-0.05, 0) is 68.4 Å². The summed E-state index contributed by atoms with van der Waals surface area (Å²) in [5.74, 6) is 1.63. The molecule has 1 heterocycles. The summed E-state index contributed by atoms with van der Waals surface area (Å²) in [6, 6.07) is 16.7. The summed E-state index contributed by atoms with van der Waals surface area (Å²) >= 11 is 0. The van der Waals surface area contributed by atoms with Gasteiger partial charge >= 0.3 is 0 Å². The molecule has 6 heteroatoms. The van der Waals surface area contributed by atoms with Crippen LogP contribution in [0.5, 0.6) is 0 Å². The maximum Gasteiger partial charge on any atom is 0.251 e. The molecule has 180 valence electrons. The first kappa shape index (κ1) is 24.0. The number of nitrogens with one attached hydrogen (secondary N) is 2. The fourth-order valence-electron chi connectivity index (χ4n) is 4.70. The second kappa shape index (κ2) is 11.3. The highest BCUT2D eigenvalue weighted by Gasteiger charge is 2.24.